The third-order valence-corrected chi connectivity index (χ3v) is 4.29. The van der Waals surface area contributed by atoms with E-state index < -0.39 is 0 Å². The highest BCUT2D eigenvalue weighted by Crippen LogP contribution is 2.36. The third kappa shape index (κ3) is 4.37. The van der Waals surface area contributed by atoms with Crippen LogP contribution in [0.4, 0.5) is 0 Å². The van der Waals surface area contributed by atoms with E-state index in [4.69, 9.17) is 5.26 Å². The van der Waals surface area contributed by atoms with E-state index >= 15 is 0 Å². The van der Waals surface area contributed by atoms with E-state index in [2.05, 4.69) is 34.0 Å². The number of carbonyl (C=O) groups is 1. The van der Waals surface area contributed by atoms with Crippen LogP contribution in [0.2, 0.25) is 0 Å². The van der Waals surface area contributed by atoms with Crippen molar-refractivity contribution in [1.29, 1.82) is 5.26 Å². The fraction of sp³-hybridized carbons (Fsp3) is 0.818. The Morgan fingerprint density at radius 1 is 1.60 bits per heavy atom. The van der Waals surface area contributed by atoms with Gasteiger partial charge in [-0.3, -0.25) is 4.79 Å². The standard InChI is InChI=1S/C11H17IN2O/c1-9(15)14-7-10-3-2-5-11(12,8-13)6-4-10/h10H,2-7H2,1H3,(H,14,15). The fourth-order valence-corrected chi connectivity index (χ4v) is 2.67. The molecule has 2 unspecified atom stereocenters. The lowest BCUT2D eigenvalue weighted by atomic mass is 9.99. The van der Waals surface area contributed by atoms with Gasteiger partial charge in [0.15, 0.2) is 0 Å². The lowest BCUT2D eigenvalue weighted by Crippen LogP contribution is -2.27. The van der Waals surface area contributed by atoms with E-state index in [1.807, 2.05) is 0 Å². The second-order valence-corrected chi connectivity index (χ2v) is 6.38. The number of nitrogens with zero attached hydrogens (tertiary/aromatic N) is 1. The molecule has 2 atom stereocenters. The summed E-state index contributed by atoms with van der Waals surface area (Å²) >= 11 is 2.28. The number of halogens is 1. The van der Waals surface area contributed by atoms with E-state index in [-0.39, 0.29) is 9.33 Å². The van der Waals surface area contributed by atoms with Gasteiger partial charge in [-0.25, -0.2) is 0 Å². The van der Waals surface area contributed by atoms with Crippen LogP contribution in [0.1, 0.15) is 39.0 Å². The van der Waals surface area contributed by atoms with Crippen molar-refractivity contribution in [2.75, 3.05) is 6.54 Å². The first-order valence-corrected chi connectivity index (χ1v) is 6.48. The molecule has 1 amide bonds. The molecule has 0 aromatic carbocycles. The molecule has 0 aromatic rings. The Hall–Kier alpha value is -0.310. The van der Waals surface area contributed by atoms with Gasteiger partial charge in [-0.05, 0) is 31.6 Å². The number of hydrogen-bond acceptors (Lipinski definition) is 2. The van der Waals surface area contributed by atoms with Crippen LogP contribution in [0.15, 0.2) is 0 Å². The average Bonchev–Trinajstić information content (AvgIpc) is 2.38. The molecule has 3 nitrogen and oxygen atoms in total. The van der Waals surface area contributed by atoms with Crippen molar-refractivity contribution in [3.63, 3.8) is 0 Å². The molecule has 1 aliphatic carbocycles. The molecule has 0 aliphatic heterocycles. The Labute approximate surface area is 105 Å². The molecule has 1 saturated carbocycles. The number of carbonyl (C=O) groups excluding carboxylic acids is 1. The number of nitrogens with one attached hydrogen (secondary N) is 1. The summed E-state index contributed by atoms with van der Waals surface area (Å²) in [6.07, 6.45) is 5.22. The number of hydrogen-bond donors (Lipinski definition) is 1. The highest BCUT2D eigenvalue weighted by atomic mass is 127. The van der Waals surface area contributed by atoms with Crippen molar-refractivity contribution < 1.29 is 4.79 Å². The van der Waals surface area contributed by atoms with Gasteiger partial charge in [0.1, 0.15) is 3.42 Å². The maximum Gasteiger partial charge on any atom is 0.216 e. The van der Waals surface area contributed by atoms with Crippen molar-refractivity contribution in [2.45, 2.75) is 42.4 Å². The molecule has 0 aromatic heterocycles. The van der Waals surface area contributed by atoms with Crippen LogP contribution in [-0.2, 0) is 4.79 Å². The lowest BCUT2D eigenvalue weighted by Gasteiger charge is -2.16. The van der Waals surface area contributed by atoms with Gasteiger partial charge >= 0.3 is 0 Å². The molecule has 84 valence electrons. The first kappa shape index (κ1) is 12.8. The van der Waals surface area contributed by atoms with Crippen LogP contribution in [0.3, 0.4) is 0 Å². The number of amides is 1. The van der Waals surface area contributed by atoms with Crippen LogP contribution in [0, 0.1) is 17.2 Å². The smallest absolute Gasteiger partial charge is 0.216 e. The van der Waals surface area contributed by atoms with Crippen LogP contribution < -0.4 is 5.32 Å². The fourth-order valence-electron chi connectivity index (χ4n) is 1.98. The average molecular weight is 320 g/mol. The minimum Gasteiger partial charge on any atom is -0.356 e. The Morgan fingerprint density at radius 2 is 2.33 bits per heavy atom. The SMILES string of the molecule is CC(=O)NCC1CCCC(I)(C#N)CC1. The molecule has 1 N–H and O–H groups in total. The monoisotopic (exact) mass is 320 g/mol. The molecule has 0 heterocycles. The Bertz CT molecular complexity index is 274. The van der Waals surface area contributed by atoms with Crippen molar-refractivity contribution in [3.8, 4) is 6.07 Å². The zero-order valence-electron chi connectivity index (χ0n) is 9.05. The Morgan fingerprint density at radius 3 is 2.93 bits per heavy atom. The highest BCUT2D eigenvalue weighted by molar-refractivity contribution is 14.1. The van der Waals surface area contributed by atoms with Crippen LogP contribution in [0.5, 0.6) is 0 Å². The summed E-state index contributed by atoms with van der Waals surface area (Å²) in [5.41, 5.74) is 0. The Kier molecular flexibility index (Phi) is 4.84. The van der Waals surface area contributed by atoms with Gasteiger partial charge in [0.25, 0.3) is 0 Å². The molecule has 0 spiro atoms. The summed E-state index contributed by atoms with van der Waals surface area (Å²) < 4.78 is -0.164. The zero-order chi connectivity index (χ0) is 11.3. The minimum absolute atomic E-state index is 0.0419. The predicted molar refractivity (Wildman–Crippen MR) is 67.6 cm³/mol. The first-order valence-electron chi connectivity index (χ1n) is 5.40. The molecule has 4 heteroatoms. The maximum atomic E-state index is 10.8. The second kappa shape index (κ2) is 5.69. The molecule has 0 bridgehead atoms. The number of rotatable bonds is 2. The molecular formula is C11H17IN2O. The zero-order valence-corrected chi connectivity index (χ0v) is 11.2. The van der Waals surface area contributed by atoms with Crippen LogP contribution >= 0.6 is 22.6 Å². The largest absolute Gasteiger partial charge is 0.356 e. The van der Waals surface area contributed by atoms with E-state index in [1.54, 1.807) is 6.92 Å². The molecule has 15 heavy (non-hydrogen) atoms. The first-order chi connectivity index (χ1) is 7.06. The summed E-state index contributed by atoms with van der Waals surface area (Å²) in [5.74, 6) is 0.596. The number of alkyl halides is 1. The normalized spacial score (nSPS) is 31.4. The molecule has 1 fully saturated rings. The molecular weight excluding hydrogens is 303 g/mol. The second-order valence-electron chi connectivity index (χ2n) is 4.31. The van der Waals surface area contributed by atoms with Gasteiger partial charge in [0.05, 0.1) is 6.07 Å². The highest BCUT2D eigenvalue weighted by Gasteiger charge is 2.30. The summed E-state index contributed by atoms with van der Waals surface area (Å²) in [6, 6.07) is 2.41. The predicted octanol–water partition coefficient (Wildman–Crippen LogP) is 2.40. The minimum atomic E-state index is -0.164. The van der Waals surface area contributed by atoms with Gasteiger partial charge in [0.2, 0.25) is 5.91 Å². The van der Waals surface area contributed by atoms with Crippen LogP contribution in [0.25, 0.3) is 0 Å². The van der Waals surface area contributed by atoms with Gasteiger partial charge in [-0.2, -0.15) is 5.26 Å². The number of nitriles is 1. The summed E-state index contributed by atoms with van der Waals surface area (Å²) in [6.45, 7) is 2.32. The molecule has 1 rings (SSSR count). The molecule has 0 saturated heterocycles. The molecule has 0 radical (unpaired) electrons. The van der Waals surface area contributed by atoms with Crippen molar-refractivity contribution >= 4 is 28.5 Å². The maximum absolute atomic E-state index is 10.8. The quantitative estimate of drug-likeness (QED) is 0.482. The third-order valence-electron chi connectivity index (χ3n) is 2.97. The van der Waals surface area contributed by atoms with E-state index in [9.17, 15) is 4.79 Å². The van der Waals surface area contributed by atoms with Gasteiger partial charge in [0, 0.05) is 13.5 Å². The summed E-state index contributed by atoms with van der Waals surface area (Å²) in [7, 11) is 0. The van der Waals surface area contributed by atoms with Gasteiger partial charge < -0.3 is 5.32 Å². The van der Waals surface area contributed by atoms with Crippen molar-refractivity contribution in [3.05, 3.63) is 0 Å². The van der Waals surface area contributed by atoms with Crippen molar-refractivity contribution in [2.24, 2.45) is 5.92 Å². The van der Waals surface area contributed by atoms with Gasteiger partial charge in [-0.1, -0.05) is 29.0 Å². The topological polar surface area (TPSA) is 52.9 Å². The lowest BCUT2D eigenvalue weighted by molar-refractivity contribution is -0.119. The molecule has 1 aliphatic rings. The van der Waals surface area contributed by atoms with E-state index in [0.717, 1.165) is 38.6 Å². The van der Waals surface area contributed by atoms with E-state index in [0.29, 0.717) is 5.92 Å². The Balaban J connectivity index is 2.40. The van der Waals surface area contributed by atoms with Gasteiger partial charge in [-0.15, -0.1) is 0 Å². The van der Waals surface area contributed by atoms with Crippen LogP contribution in [-0.4, -0.2) is 15.9 Å². The summed E-state index contributed by atoms with van der Waals surface area (Å²) in [5, 5.41) is 11.9. The van der Waals surface area contributed by atoms with Crippen molar-refractivity contribution in [1.82, 2.24) is 5.32 Å². The van der Waals surface area contributed by atoms with E-state index in [1.165, 1.54) is 0 Å². The summed E-state index contributed by atoms with van der Waals surface area (Å²) in [4.78, 5) is 10.8.